The molecule has 0 atom stereocenters. The molecule has 0 rings (SSSR count). The SMILES string of the molecule is CC=CCC(C)=CCN(C)C. The quantitative estimate of drug-likeness (QED) is 0.561. The van der Waals surface area contributed by atoms with Crippen LogP contribution in [-0.4, -0.2) is 25.5 Å². The van der Waals surface area contributed by atoms with Crippen LogP contribution in [0.4, 0.5) is 0 Å². The number of allylic oxidation sites excluding steroid dienone is 3. The van der Waals surface area contributed by atoms with Gasteiger partial charge < -0.3 is 4.90 Å². The lowest BCUT2D eigenvalue weighted by atomic mass is 10.2. The Hall–Kier alpha value is -0.560. The Morgan fingerprint density at radius 1 is 1.36 bits per heavy atom. The summed E-state index contributed by atoms with van der Waals surface area (Å²) in [6, 6.07) is 0. The van der Waals surface area contributed by atoms with Crippen LogP contribution in [0.5, 0.6) is 0 Å². The smallest absolute Gasteiger partial charge is 0.0159 e. The summed E-state index contributed by atoms with van der Waals surface area (Å²) in [7, 11) is 4.17. The van der Waals surface area contributed by atoms with Crippen molar-refractivity contribution in [2.45, 2.75) is 20.3 Å². The van der Waals surface area contributed by atoms with Crippen molar-refractivity contribution < 1.29 is 0 Å². The second kappa shape index (κ2) is 6.17. The van der Waals surface area contributed by atoms with Crippen LogP contribution < -0.4 is 0 Å². The van der Waals surface area contributed by atoms with Gasteiger partial charge in [-0.3, -0.25) is 0 Å². The molecule has 0 bridgehead atoms. The highest BCUT2D eigenvalue weighted by atomic mass is 15.0. The number of hydrogen-bond donors (Lipinski definition) is 0. The van der Waals surface area contributed by atoms with Crippen molar-refractivity contribution in [3.05, 3.63) is 23.8 Å². The maximum absolute atomic E-state index is 2.26. The summed E-state index contributed by atoms with van der Waals surface area (Å²) in [4.78, 5) is 2.17. The summed E-state index contributed by atoms with van der Waals surface area (Å²) in [5.74, 6) is 0. The van der Waals surface area contributed by atoms with E-state index in [-0.39, 0.29) is 0 Å². The van der Waals surface area contributed by atoms with Crippen LogP contribution in [0, 0.1) is 0 Å². The zero-order chi connectivity index (χ0) is 8.69. The molecule has 0 saturated heterocycles. The molecule has 0 unspecified atom stereocenters. The first-order valence-electron chi connectivity index (χ1n) is 4.08. The van der Waals surface area contributed by atoms with Gasteiger partial charge in [0.15, 0.2) is 0 Å². The molecule has 0 fully saturated rings. The van der Waals surface area contributed by atoms with Gasteiger partial charge >= 0.3 is 0 Å². The fourth-order valence-corrected chi connectivity index (χ4v) is 0.725. The lowest BCUT2D eigenvalue weighted by molar-refractivity contribution is 0.455. The average molecular weight is 153 g/mol. The molecule has 0 radical (unpaired) electrons. The van der Waals surface area contributed by atoms with Gasteiger partial charge in [-0.2, -0.15) is 0 Å². The molecule has 0 aromatic heterocycles. The van der Waals surface area contributed by atoms with E-state index < -0.39 is 0 Å². The summed E-state index contributed by atoms with van der Waals surface area (Å²) < 4.78 is 0. The zero-order valence-corrected chi connectivity index (χ0v) is 8.09. The van der Waals surface area contributed by atoms with Crippen LogP contribution in [0.25, 0.3) is 0 Å². The maximum Gasteiger partial charge on any atom is 0.0159 e. The highest BCUT2D eigenvalue weighted by Gasteiger charge is 1.86. The van der Waals surface area contributed by atoms with Gasteiger partial charge in [-0.15, -0.1) is 0 Å². The van der Waals surface area contributed by atoms with E-state index in [2.05, 4.69) is 51.1 Å². The van der Waals surface area contributed by atoms with Crippen molar-refractivity contribution in [1.82, 2.24) is 4.90 Å². The van der Waals surface area contributed by atoms with Gasteiger partial charge in [0.2, 0.25) is 0 Å². The van der Waals surface area contributed by atoms with Gasteiger partial charge in [-0.1, -0.05) is 23.8 Å². The fourth-order valence-electron chi connectivity index (χ4n) is 0.725. The van der Waals surface area contributed by atoms with Gasteiger partial charge in [0.25, 0.3) is 0 Å². The molecule has 11 heavy (non-hydrogen) atoms. The topological polar surface area (TPSA) is 3.24 Å². The van der Waals surface area contributed by atoms with Gasteiger partial charge in [-0.25, -0.2) is 0 Å². The minimum atomic E-state index is 1.05. The van der Waals surface area contributed by atoms with Crippen molar-refractivity contribution in [1.29, 1.82) is 0 Å². The standard InChI is InChI=1S/C10H19N/c1-5-6-7-10(2)8-9-11(3)4/h5-6,8H,7,9H2,1-4H3. The third kappa shape index (κ3) is 7.34. The Morgan fingerprint density at radius 3 is 2.45 bits per heavy atom. The van der Waals surface area contributed by atoms with Crippen molar-refractivity contribution in [2.24, 2.45) is 0 Å². The van der Waals surface area contributed by atoms with Gasteiger partial charge in [-0.05, 0) is 34.4 Å². The molecule has 0 aliphatic heterocycles. The summed E-state index contributed by atoms with van der Waals surface area (Å²) in [5, 5.41) is 0. The van der Waals surface area contributed by atoms with Gasteiger partial charge in [0.1, 0.15) is 0 Å². The van der Waals surface area contributed by atoms with Crippen LogP contribution in [0.2, 0.25) is 0 Å². The van der Waals surface area contributed by atoms with E-state index in [0.717, 1.165) is 13.0 Å². The van der Waals surface area contributed by atoms with E-state index in [0.29, 0.717) is 0 Å². The Morgan fingerprint density at radius 2 is 2.00 bits per heavy atom. The molecule has 0 aromatic carbocycles. The first kappa shape index (κ1) is 10.4. The van der Waals surface area contributed by atoms with Crippen LogP contribution in [0.15, 0.2) is 23.8 Å². The molecule has 0 saturated carbocycles. The normalized spacial score (nSPS) is 13.4. The number of likely N-dealkylation sites (N-methyl/N-ethyl adjacent to an activating group) is 1. The lowest BCUT2D eigenvalue weighted by Crippen LogP contribution is -2.10. The van der Waals surface area contributed by atoms with Crippen LogP contribution in [0.1, 0.15) is 20.3 Å². The van der Waals surface area contributed by atoms with Gasteiger partial charge in [0.05, 0.1) is 0 Å². The molecule has 0 aliphatic rings. The molecule has 0 spiro atoms. The summed E-state index contributed by atoms with van der Waals surface area (Å²) in [5.41, 5.74) is 1.44. The maximum atomic E-state index is 2.26. The molecule has 0 aliphatic carbocycles. The predicted octanol–water partition coefficient (Wildman–Crippen LogP) is 2.46. The van der Waals surface area contributed by atoms with E-state index in [1.165, 1.54) is 5.57 Å². The molecule has 0 N–H and O–H groups in total. The van der Waals surface area contributed by atoms with E-state index >= 15 is 0 Å². The first-order valence-corrected chi connectivity index (χ1v) is 4.08. The molecule has 1 heteroatoms. The van der Waals surface area contributed by atoms with E-state index in [9.17, 15) is 0 Å². The summed E-state index contributed by atoms with van der Waals surface area (Å²) >= 11 is 0. The molecule has 1 nitrogen and oxygen atoms in total. The van der Waals surface area contributed by atoms with Gasteiger partial charge in [0, 0.05) is 6.54 Å². The average Bonchev–Trinajstić information content (AvgIpc) is 1.97. The number of hydrogen-bond acceptors (Lipinski definition) is 1. The van der Waals surface area contributed by atoms with Crippen molar-refractivity contribution in [3.8, 4) is 0 Å². The van der Waals surface area contributed by atoms with Crippen LogP contribution in [-0.2, 0) is 0 Å². The van der Waals surface area contributed by atoms with E-state index in [1.807, 2.05) is 0 Å². The molecule has 0 amide bonds. The molecular weight excluding hydrogens is 134 g/mol. The number of rotatable bonds is 4. The highest BCUT2D eigenvalue weighted by Crippen LogP contribution is 2.00. The predicted molar refractivity (Wildman–Crippen MR) is 51.7 cm³/mol. The monoisotopic (exact) mass is 153 g/mol. The Bertz CT molecular complexity index is 143. The second-order valence-corrected chi connectivity index (χ2v) is 3.09. The van der Waals surface area contributed by atoms with Crippen molar-refractivity contribution in [3.63, 3.8) is 0 Å². The molecule has 0 aromatic rings. The fraction of sp³-hybridized carbons (Fsp3) is 0.600. The minimum absolute atomic E-state index is 1.05. The third-order valence-corrected chi connectivity index (χ3v) is 1.48. The second-order valence-electron chi connectivity index (χ2n) is 3.09. The highest BCUT2D eigenvalue weighted by molar-refractivity contribution is 5.04. The van der Waals surface area contributed by atoms with Crippen LogP contribution in [0.3, 0.4) is 0 Å². The summed E-state index contributed by atoms with van der Waals surface area (Å²) in [6.45, 7) is 5.27. The summed E-state index contributed by atoms with van der Waals surface area (Å²) in [6.07, 6.45) is 7.62. The first-order chi connectivity index (χ1) is 5.16. The molecule has 64 valence electrons. The Labute approximate surface area is 70.4 Å². The Balaban J connectivity index is 3.62. The third-order valence-electron chi connectivity index (χ3n) is 1.48. The largest absolute Gasteiger partial charge is 0.306 e. The van der Waals surface area contributed by atoms with Crippen molar-refractivity contribution >= 4 is 0 Å². The lowest BCUT2D eigenvalue weighted by Gasteiger charge is -2.05. The van der Waals surface area contributed by atoms with E-state index in [4.69, 9.17) is 0 Å². The van der Waals surface area contributed by atoms with E-state index in [1.54, 1.807) is 0 Å². The zero-order valence-electron chi connectivity index (χ0n) is 8.09. The molecular formula is C10H19N. The Kier molecular flexibility index (Phi) is 5.86. The van der Waals surface area contributed by atoms with Crippen LogP contribution >= 0.6 is 0 Å². The van der Waals surface area contributed by atoms with Crippen molar-refractivity contribution in [2.75, 3.05) is 20.6 Å². The molecule has 0 heterocycles. The number of nitrogens with zero attached hydrogens (tertiary/aromatic N) is 1. The minimum Gasteiger partial charge on any atom is -0.306 e.